The van der Waals surface area contributed by atoms with E-state index >= 15 is 0 Å². The normalized spacial score (nSPS) is 11.5. The quantitative estimate of drug-likeness (QED) is 0.210. The van der Waals surface area contributed by atoms with Crippen molar-refractivity contribution in [3.63, 3.8) is 0 Å². The van der Waals surface area contributed by atoms with E-state index in [1.54, 1.807) is 0 Å². The second kappa shape index (κ2) is 8.73. The van der Waals surface area contributed by atoms with Gasteiger partial charge in [-0.3, -0.25) is 0 Å². The minimum absolute atomic E-state index is 0.671. The van der Waals surface area contributed by atoms with Crippen molar-refractivity contribution >= 4 is 49.3 Å². The number of rotatable bonds is 3. The molecule has 0 fully saturated rings. The molecule has 3 nitrogen and oxygen atoms in total. The molecule has 0 saturated heterocycles. The van der Waals surface area contributed by atoms with Crippen molar-refractivity contribution in [2.24, 2.45) is 0 Å². The lowest BCUT2D eigenvalue weighted by atomic mass is 10.0. The van der Waals surface area contributed by atoms with Gasteiger partial charge in [-0.1, -0.05) is 91.0 Å². The van der Waals surface area contributed by atoms with Crippen molar-refractivity contribution in [3.8, 4) is 22.5 Å². The molecule has 8 rings (SSSR count). The third-order valence-electron chi connectivity index (χ3n) is 7.96. The van der Waals surface area contributed by atoms with Crippen LogP contribution in [0, 0.1) is 6.57 Å². The highest BCUT2D eigenvalue weighted by atomic mass is 15.0. The van der Waals surface area contributed by atoms with Gasteiger partial charge in [0.25, 0.3) is 0 Å². The molecule has 2 aromatic heterocycles. The summed E-state index contributed by atoms with van der Waals surface area (Å²) >= 11 is 0. The Morgan fingerprint density at radius 1 is 0.425 bits per heavy atom. The summed E-state index contributed by atoms with van der Waals surface area (Å²) in [5.74, 6) is 0. The molecule has 2 heterocycles. The topological polar surface area (TPSA) is 14.2 Å². The summed E-state index contributed by atoms with van der Waals surface area (Å²) < 4.78 is 4.71. The number of fused-ring (bicyclic) bond motifs is 6. The van der Waals surface area contributed by atoms with E-state index in [-0.39, 0.29) is 0 Å². The summed E-state index contributed by atoms with van der Waals surface area (Å²) in [4.78, 5) is 3.71. The fourth-order valence-electron chi connectivity index (χ4n) is 6.18. The number of hydrogen-bond acceptors (Lipinski definition) is 0. The smallest absolute Gasteiger partial charge is 0.194 e. The van der Waals surface area contributed by atoms with Gasteiger partial charge in [-0.2, -0.15) is 0 Å². The summed E-state index contributed by atoms with van der Waals surface area (Å²) in [7, 11) is 0. The van der Waals surface area contributed by atoms with Crippen LogP contribution in [0.2, 0.25) is 0 Å². The van der Waals surface area contributed by atoms with E-state index in [2.05, 4.69) is 129 Å². The second-order valence-corrected chi connectivity index (χ2v) is 10.1. The van der Waals surface area contributed by atoms with Gasteiger partial charge in [0, 0.05) is 32.9 Å². The summed E-state index contributed by atoms with van der Waals surface area (Å²) in [6, 6.07) is 49.0. The van der Waals surface area contributed by atoms with Crippen LogP contribution in [0.1, 0.15) is 0 Å². The third kappa shape index (κ3) is 3.24. The summed E-state index contributed by atoms with van der Waals surface area (Å²) in [5, 5.41) is 4.97. The monoisotopic (exact) mass is 509 g/mol. The van der Waals surface area contributed by atoms with Gasteiger partial charge < -0.3 is 9.13 Å². The molecule has 0 aliphatic heterocycles. The fraction of sp³-hybridized carbons (Fsp3) is 0. The van der Waals surface area contributed by atoms with Gasteiger partial charge in [-0.25, -0.2) is 4.85 Å². The van der Waals surface area contributed by atoms with Gasteiger partial charge in [0.05, 0.1) is 28.6 Å². The zero-order valence-corrected chi connectivity index (χ0v) is 21.6. The molecule has 0 aliphatic carbocycles. The molecule has 186 valence electrons. The maximum atomic E-state index is 7.55. The molecule has 0 radical (unpaired) electrons. The number of para-hydroxylation sites is 4. The lowest BCUT2D eigenvalue weighted by molar-refractivity contribution is 1.17. The minimum Gasteiger partial charge on any atom is -0.309 e. The molecule has 0 unspecified atom stereocenters. The average molecular weight is 510 g/mol. The molecule has 0 saturated carbocycles. The Bertz CT molecular complexity index is 2220. The van der Waals surface area contributed by atoms with Gasteiger partial charge in [-0.15, -0.1) is 0 Å². The molecule has 3 heteroatoms. The lowest BCUT2D eigenvalue weighted by Gasteiger charge is -2.11. The minimum atomic E-state index is 0.671. The standard InChI is InChI=1S/C37H23N3/c1-38-33-14-6-2-10-28(33)25-18-20-26(21-19-25)39-36-17-9-5-13-31(36)32-24-27(22-23-37(32)39)40-34-15-7-3-11-29(34)30-12-4-8-16-35(30)40/h2-24H. The highest BCUT2D eigenvalue weighted by molar-refractivity contribution is 6.12. The molecule has 0 aliphatic rings. The van der Waals surface area contributed by atoms with Crippen molar-refractivity contribution in [3.05, 3.63) is 151 Å². The number of benzene rings is 6. The Hall–Kier alpha value is -5.59. The zero-order valence-electron chi connectivity index (χ0n) is 21.6. The van der Waals surface area contributed by atoms with Crippen molar-refractivity contribution in [2.45, 2.75) is 0 Å². The van der Waals surface area contributed by atoms with Crippen LogP contribution in [0.25, 0.3) is 71.0 Å². The molecule has 40 heavy (non-hydrogen) atoms. The van der Waals surface area contributed by atoms with E-state index in [4.69, 9.17) is 6.57 Å². The van der Waals surface area contributed by atoms with Crippen LogP contribution in [0.4, 0.5) is 5.69 Å². The van der Waals surface area contributed by atoms with Crippen LogP contribution < -0.4 is 0 Å². The van der Waals surface area contributed by atoms with Gasteiger partial charge >= 0.3 is 0 Å². The molecule has 0 N–H and O–H groups in total. The van der Waals surface area contributed by atoms with Crippen molar-refractivity contribution in [2.75, 3.05) is 0 Å². The molecular formula is C37H23N3. The highest BCUT2D eigenvalue weighted by Gasteiger charge is 2.16. The Labute approximate surface area is 231 Å². The van der Waals surface area contributed by atoms with Crippen LogP contribution in [0.15, 0.2) is 140 Å². The van der Waals surface area contributed by atoms with Crippen LogP contribution in [-0.4, -0.2) is 9.13 Å². The van der Waals surface area contributed by atoms with Crippen LogP contribution in [0.3, 0.4) is 0 Å². The predicted octanol–water partition coefficient (Wildman–Crippen LogP) is 10.1. The predicted molar refractivity (Wildman–Crippen MR) is 167 cm³/mol. The first kappa shape index (κ1) is 22.4. The Balaban J connectivity index is 1.34. The van der Waals surface area contributed by atoms with Gasteiger partial charge in [-0.05, 0) is 59.7 Å². The number of nitrogens with zero attached hydrogens (tertiary/aromatic N) is 3. The molecular weight excluding hydrogens is 486 g/mol. The molecule has 0 bridgehead atoms. The average Bonchev–Trinajstić information content (AvgIpc) is 3.54. The van der Waals surface area contributed by atoms with Crippen molar-refractivity contribution in [1.82, 2.24) is 9.13 Å². The fourth-order valence-corrected chi connectivity index (χ4v) is 6.18. The first-order chi connectivity index (χ1) is 19.8. The zero-order chi connectivity index (χ0) is 26.6. The molecule has 8 aromatic rings. The molecule has 0 spiro atoms. The number of hydrogen-bond donors (Lipinski definition) is 0. The van der Waals surface area contributed by atoms with Gasteiger partial charge in [0.2, 0.25) is 0 Å². The second-order valence-electron chi connectivity index (χ2n) is 10.1. The van der Waals surface area contributed by atoms with E-state index in [1.807, 2.05) is 24.3 Å². The summed E-state index contributed by atoms with van der Waals surface area (Å²) in [6.07, 6.45) is 0. The maximum absolute atomic E-state index is 7.55. The third-order valence-corrected chi connectivity index (χ3v) is 7.96. The van der Waals surface area contributed by atoms with E-state index in [1.165, 1.54) is 43.6 Å². The van der Waals surface area contributed by atoms with Crippen molar-refractivity contribution in [1.29, 1.82) is 0 Å². The first-order valence-corrected chi connectivity index (χ1v) is 13.4. The van der Waals surface area contributed by atoms with Crippen LogP contribution in [-0.2, 0) is 0 Å². The van der Waals surface area contributed by atoms with E-state index in [0.717, 1.165) is 22.5 Å². The lowest BCUT2D eigenvalue weighted by Crippen LogP contribution is -1.95. The Morgan fingerprint density at radius 3 is 1.52 bits per heavy atom. The van der Waals surface area contributed by atoms with Crippen LogP contribution in [0.5, 0.6) is 0 Å². The SMILES string of the molecule is [C-]#[N+]c1ccccc1-c1ccc(-n2c3ccccc3c3cc(-n4c5ccccc5c5ccccc54)ccc32)cc1. The van der Waals surface area contributed by atoms with Gasteiger partial charge in [0.15, 0.2) is 5.69 Å². The van der Waals surface area contributed by atoms with Gasteiger partial charge in [0.1, 0.15) is 0 Å². The van der Waals surface area contributed by atoms with E-state index < -0.39 is 0 Å². The highest BCUT2D eigenvalue weighted by Crippen LogP contribution is 2.37. The molecule has 0 atom stereocenters. The van der Waals surface area contributed by atoms with Crippen LogP contribution >= 0.6 is 0 Å². The largest absolute Gasteiger partial charge is 0.309 e. The molecule has 0 amide bonds. The Morgan fingerprint density at radius 2 is 0.900 bits per heavy atom. The summed E-state index contributed by atoms with van der Waals surface area (Å²) in [5.41, 5.74) is 9.69. The summed E-state index contributed by atoms with van der Waals surface area (Å²) in [6.45, 7) is 7.55. The Kier molecular flexibility index (Phi) is 4.89. The van der Waals surface area contributed by atoms with E-state index in [9.17, 15) is 0 Å². The van der Waals surface area contributed by atoms with Crippen molar-refractivity contribution < 1.29 is 0 Å². The maximum Gasteiger partial charge on any atom is 0.194 e. The first-order valence-electron chi connectivity index (χ1n) is 13.4. The van der Waals surface area contributed by atoms with E-state index in [0.29, 0.717) is 5.69 Å². The number of aromatic nitrogens is 2. The molecule has 6 aromatic carbocycles.